The summed E-state index contributed by atoms with van der Waals surface area (Å²) in [5, 5.41) is 2.84. The quantitative estimate of drug-likeness (QED) is 0.541. The molecule has 9 heteroatoms. The minimum atomic E-state index is -4.37. The third kappa shape index (κ3) is 5.84. The molecule has 2 aromatic carbocycles. The monoisotopic (exact) mass is 470 g/mol. The van der Waals surface area contributed by atoms with E-state index >= 15 is 0 Å². The molecule has 6 nitrogen and oxygen atoms in total. The number of ether oxygens (including phenoxy) is 1. The maximum atomic E-state index is 12.7. The highest BCUT2D eigenvalue weighted by Gasteiger charge is 2.30. The Kier molecular flexibility index (Phi) is 7.00. The molecule has 1 saturated heterocycles. The molecule has 1 aliphatic rings. The van der Waals surface area contributed by atoms with Gasteiger partial charge in [0, 0.05) is 37.9 Å². The molecule has 0 radical (unpaired) electrons. The Labute approximate surface area is 195 Å². The van der Waals surface area contributed by atoms with Gasteiger partial charge in [0.05, 0.1) is 5.56 Å². The summed E-state index contributed by atoms with van der Waals surface area (Å²) in [6.45, 7) is 3.40. The topological polar surface area (TPSA) is 67.4 Å². The number of hydrogen-bond donors (Lipinski definition) is 1. The largest absolute Gasteiger partial charge is 0.436 e. The summed E-state index contributed by atoms with van der Waals surface area (Å²) in [5.41, 5.74) is 0.993. The van der Waals surface area contributed by atoms with Crippen molar-refractivity contribution in [1.29, 1.82) is 0 Å². The van der Waals surface area contributed by atoms with Crippen LogP contribution in [0.1, 0.15) is 29.5 Å². The van der Waals surface area contributed by atoms with Gasteiger partial charge >= 0.3 is 6.18 Å². The van der Waals surface area contributed by atoms with Crippen LogP contribution in [0.15, 0.2) is 60.9 Å². The number of nitrogens with one attached hydrogen (secondary N) is 1. The molecule has 34 heavy (non-hydrogen) atoms. The van der Waals surface area contributed by atoms with Crippen LogP contribution in [0.5, 0.6) is 11.6 Å². The number of hydrogen-bond acceptors (Lipinski definition) is 5. The van der Waals surface area contributed by atoms with Crippen LogP contribution in [0.4, 0.5) is 19.0 Å². The van der Waals surface area contributed by atoms with Crippen molar-refractivity contribution in [2.75, 3.05) is 18.0 Å². The van der Waals surface area contributed by atoms with Crippen molar-refractivity contribution in [3.05, 3.63) is 77.6 Å². The summed E-state index contributed by atoms with van der Waals surface area (Å²) < 4.78 is 44.0. The van der Waals surface area contributed by atoms with Crippen LogP contribution in [0.25, 0.3) is 0 Å². The number of aryl methyl sites for hydroxylation is 1. The number of alkyl halides is 3. The second-order valence-electron chi connectivity index (χ2n) is 8.28. The summed E-state index contributed by atoms with van der Waals surface area (Å²) >= 11 is 0. The summed E-state index contributed by atoms with van der Waals surface area (Å²) in [6.07, 6.45) is 0.0692. The van der Waals surface area contributed by atoms with E-state index in [0.717, 1.165) is 17.7 Å². The molecule has 4 rings (SSSR count). The number of rotatable bonds is 6. The van der Waals surface area contributed by atoms with Crippen LogP contribution in [0.2, 0.25) is 0 Å². The zero-order valence-corrected chi connectivity index (χ0v) is 18.7. The third-order valence-corrected chi connectivity index (χ3v) is 5.76. The molecule has 0 saturated carbocycles. The lowest BCUT2D eigenvalue weighted by atomic mass is 9.96. The summed E-state index contributed by atoms with van der Waals surface area (Å²) in [6, 6.07) is 12.5. The summed E-state index contributed by atoms with van der Waals surface area (Å²) in [7, 11) is 0. The Morgan fingerprint density at radius 1 is 1.09 bits per heavy atom. The van der Waals surface area contributed by atoms with Crippen molar-refractivity contribution in [2.24, 2.45) is 5.92 Å². The van der Waals surface area contributed by atoms with Gasteiger partial charge in [0.1, 0.15) is 5.75 Å². The SMILES string of the molecule is Cc1cccc(Oc2nccnc2N2CCC(C(=O)NCc3ccc(C(F)(F)F)cc3)CC2)c1. The Balaban J connectivity index is 1.31. The predicted molar refractivity (Wildman–Crippen MR) is 122 cm³/mol. The number of nitrogens with zero attached hydrogens (tertiary/aromatic N) is 3. The molecule has 0 aliphatic carbocycles. The number of anilines is 1. The van der Waals surface area contributed by atoms with Crippen molar-refractivity contribution in [3.63, 3.8) is 0 Å². The van der Waals surface area contributed by atoms with Crippen LogP contribution in [0.3, 0.4) is 0 Å². The fourth-order valence-electron chi connectivity index (χ4n) is 3.90. The first-order valence-corrected chi connectivity index (χ1v) is 11.0. The number of carbonyl (C=O) groups excluding carboxylic acids is 1. The Morgan fingerprint density at radius 3 is 2.47 bits per heavy atom. The standard InChI is InChI=1S/C25H25F3N4O2/c1-17-3-2-4-21(15-17)34-24-22(29-11-12-30-24)32-13-9-19(10-14-32)23(33)31-16-18-5-7-20(8-6-18)25(26,27)28/h2-8,11-12,15,19H,9-10,13-14,16H2,1H3,(H,31,33). The highest BCUT2D eigenvalue weighted by atomic mass is 19.4. The van der Waals surface area contributed by atoms with Gasteiger partial charge in [-0.25, -0.2) is 9.97 Å². The van der Waals surface area contributed by atoms with Crippen molar-refractivity contribution in [3.8, 4) is 11.6 Å². The predicted octanol–water partition coefficient (Wildman–Crippen LogP) is 5.13. The molecule has 1 aliphatic heterocycles. The zero-order valence-electron chi connectivity index (χ0n) is 18.7. The van der Waals surface area contributed by atoms with Crippen molar-refractivity contribution < 1.29 is 22.7 Å². The van der Waals surface area contributed by atoms with Gasteiger partial charge in [0.2, 0.25) is 5.91 Å². The Morgan fingerprint density at radius 2 is 1.79 bits per heavy atom. The molecular weight excluding hydrogens is 445 g/mol. The average Bonchev–Trinajstić information content (AvgIpc) is 2.83. The van der Waals surface area contributed by atoms with Gasteiger partial charge in [-0.15, -0.1) is 0 Å². The first-order chi connectivity index (χ1) is 16.3. The van der Waals surface area contributed by atoms with Crippen molar-refractivity contribution >= 4 is 11.7 Å². The lowest BCUT2D eigenvalue weighted by molar-refractivity contribution is -0.137. The number of carbonyl (C=O) groups is 1. The zero-order chi connectivity index (χ0) is 24.1. The average molecular weight is 470 g/mol. The van der Waals surface area contributed by atoms with Crippen molar-refractivity contribution in [1.82, 2.24) is 15.3 Å². The third-order valence-electron chi connectivity index (χ3n) is 5.76. The highest BCUT2D eigenvalue weighted by Crippen LogP contribution is 2.31. The Bertz CT molecular complexity index is 1130. The second kappa shape index (κ2) is 10.1. The van der Waals surface area contributed by atoms with E-state index in [1.165, 1.54) is 12.1 Å². The molecule has 1 aromatic heterocycles. The van der Waals surface area contributed by atoms with Gasteiger partial charge in [0.25, 0.3) is 5.88 Å². The first-order valence-electron chi connectivity index (χ1n) is 11.0. The van der Waals surface area contributed by atoms with E-state index in [2.05, 4.69) is 20.2 Å². The van der Waals surface area contributed by atoms with Gasteiger partial charge in [-0.2, -0.15) is 13.2 Å². The van der Waals surface area contributed by atoms with Crippen LogP contribution in [-0.2, 0) is 17.5 Å². The number of piperidine rings is 1. The minimum absolute atomic E-state index is 0.102. The van der Waals surface area contributed by atoms with E-state index in [1.807, 2.05) is 31.2 Å². The number of aromatic nitrogens is 2. The van der Waals surface area contributed by atoms with E-state index in [0.29, 0.717) is 48.9 Å². The van der Waals surface area contributed by atoms with E-state index < -0.39 is 11.7 Å². The number of amides is 1. The fraction of sp³-hybridized carbons (Fsp3) is 0.320. The number of benzene rings is 2. The van der Waals surface area contributed by atoms with Gasteiger partial charge in [0.15, 0.2) is 5.82 Å². The maximum Gasteiger partial charge on any atom is 0.416 e. The number of halogens is 3. The second-order valence-corrected chi connectivity index (χ2v) is 8.28. The fourth-order valence-corrected chi connectivity index (χ4v) is 3.90. The smallest absolute Gasteiger partial charge is 0.416 e. The lowest BCUT2D eigenvalue weighted by Gasteiger charge is -2.32. The minimum Gasteiger partial charge on any atom is -0.436 e. The molecule has 0 atom stereocenters. The van der Waals surface area contributed by atoms with Crippen LogP contribution < -0.4 is 15.0 Å². The van der Waals surface area contributed by atoms with Crippen LogP contribution >= 0.6 is 0 Å². The molecule has 0 bridgehead atoms. The highest BCUT2D eigenvalue weighted by molar-refractivity contribution is 5.79. The summed E-state index contributed by atoms with van der Waals surface area (Å²) in [5.74, 6) is 1.45. The normalized spacial score (nSPS) is 14.6. The molecule has 1 amide bonds. The summed E-state index contributed by atoms with van der Waals surface area (Å²) in [4.78, 5) is 23.5. The molecule has 0 spiro atoms. The van der Waals surface area contributed by atoms with Gasteiger partial charge < -0.3 is 15.0 Å². The van der Waals surface area contributed by atoms with Gasteiger partial charge in [-0.05, 0) is 55.2 Å². The van der Waals surface area contributed by atoms with E-state index in [-0.39, 0.29) is 18.4 Å². The van der Waals surface area contributed by atoms with E-state index in [1.54, 1.807) is 12.4 Å². The molecular formula is C25H25F3N4O2. The van der Waals surface area contributed by atoms with Crippen molar-refractivity contribution in [2.45, 2.75) is 32.5 Å². The van der Waals surface area contributed by atoms with Crippen LogP contribution in [-0.4, -0.2) is 29.0 Å². The molecule has 1 fully saturated rings. The molecule has 3 aromatic rings. The first kappa shape index (κ1) is 23.5. The van der Waals surface area contributed by atoms with E-state index in [4.69, 9.17) is 4.74 Å². The van der Waals surface area contributed by atoms with Crippen LogP contribution in [0, 0.1) is 12.8 Å². The molecule has 0 unspecified atom stereocenters. The molecule has 178 valence electrons. The van der Waals surface area contributed by atoms with Gasteiger partial charge in [-0.3, -0.25) is 4.79 Å². The Hall–Kier alpha value is -3.62. The van der Waals surface area contributed by atoms with Gasteiger partial charge in [-0.1, -0.05) is 24.3 Å². The molecule has 1 N–H and O–H groups in total. The lowest BCUT2D eigenvalue weighted by Crippen LogP contribution is -2.40. The molecule has 2 heterocycles. The maximum absolute atomic E-state index is 12.7. The van der Waals surface area contributed by atoms with E-state index in [9.17, 15) is 18.0 Å².